The molecule has 1 aliphatic carbocycles. The number of nitrogens with one attached hydrogen (secondary N) is 1. The minimum absolute atomic E-state index is 0.0455. The van der Waals surface area contributed by atoms with Gasteiger partial charge in [0, 0.05) is 6.20 Å². The van der Waals surface area contributed by atoms with E-state index >= 15 is 0 Å². The van der Waals surface area contributed by atoms with Crippen molar-refractivity contribution in [1.29, 1.82) is 0 Å². The summed E-state index contributed by atoms with van der Waals surface area (Å²) in [4.78, 5) is 48.2. The van der Waals surface area contributed by atoms with E-state index in [0.29, 0.717) is 18.6 Å². The zero-order chi connectivity index (χ0) is 32.1. The molecule has 1 aliphatic rings. The van der Waals surface area contributed by atoms with Crippen LogP contribution < -0.4 is 15.8 Å². The summed E-state index contributed by atoms with van der Waals surface area (Å²) in [5, 5.41) is 0. The molecular formula is C30H40N5O8P. The quantitative estimate of drug-likeness (QED) is 0.174. The maximum absolute atomic E-state index is 14.2. The first kappa shape index (κ1) is 32.9. The van der Waals surface area contributed by atoms with Gasteiger partial charge < -0.3 is 19.7 Å². The maximum atomic E-state index is 14.2. The number of fused-ring (bicyclic) bond motifs is 1. The lowest BCUT2D eigenvalue weighted by atomic mass is 10.1. The summed E-state index contributed by atoms with van der Waals surface area (Å²) in [6.07, 6.45) is 4.64. The van der Waals surface area contributed by atoms with Crippen molar-refractivity contribution in [2.24, 2.45) is 17.3 Å². The third-order valence-corrected chi connectivity index (χ3v) is 9.24. The Morgan fingerprint density at radius 3 is 2.57 bits per heavy atom. The van der Waals surface area contributed by atoms with Crippen molar-refractivity contribution < 1.29 is 32.7 Å². The molecule has 0 aliphatic heterocycles. The fourth-order valence-electron chi connectivity index (χ4n) is 4.58. The number of para-hydroxylation sites is 1. The van der Waals surface area contributed by atoms with Gasteiger partial charge in [-0.3, -0.25) is 28.5 Å². The lowest BCUT2D eigenvalue weighted by molar-refractivity contribution is -0.152. The minimum Gasteiger partial charge on any atom is -0.464 e. The summed E-state index contributed by atoms with van der Waals surface area (Å²) in [6, 6.07) is 8.56. The molecule has 2 aromatic heterocycles. The highest BCUT2D eigenvalue weighted by molar-refractivity contribution is 7.54. The molecule has 1 saturated carbocycles. The molecule has 1 aromatic carbocycles. The number of H-pyrrole nitrogens is 1. The number of hydrogen-bond donors (Lipinski definition) is 2. The van der Waals surface area contributed by atoms with E-state index in [0.717, 1.165) is 12.0 Å². The van der Waals surface area contributed by atoms with Gasteiger partial charge in [0.15, 0.2) is 11.2 Å². The zero-order valence-electron chi connectivity index (χ0n) is 25.6. The molecule has 2 heterocycles. The molecule has 0 saturated heterocycles. The van der Waals surface area contributed by atoms with Crippen molar-refractivity contribution in [2.75, 3.05) is 25.1 Å². The van der Waals surface area contributed by atoms with E-state index in [1.165, 1.54) is 6.33 Å². The Bertz CT molecular complexity index is 1620. The number of nitrogens with zero attached hydrogens (tertiary/aromatic N) is 3. The van der Waals surface area contributed by atoms with Gasteiger partial charge in [-0.15, -0.1) is 0 Å². The number of esters is 2. The summed E-state index contributed by atoms with van der Waals surface area (Å²) in [6.45, 7) is 8.71. The van der Waals surface area contributed by atoms with Crippen molar-refractivity contribution in [1.82, 2.24) is 19.5 Å². The van der Waals surface area contributed by atoms with Gasteiger partial charge in [-0.25, -0.2) is 9.55 Å². The summed E-state index contributed by atoms with van der Waals surface area (Å²) < 4.78 is 38.9. The highest BCUT2D eigenvalue weighted by Gasteiger charge is 2.52. The molecule has 4 rings (SSSR count). The Hall–Kier alpha value is -3.96. The molecule has 0 amide bonds. The number of hydrogen-bond acceptors (Lipinski definition) is 11. The number of nitrogens with two attached hydrogens (primary N) is 1. The van der Waals surface area contributed by atoms with Crippen LogP contribution in [0.2, 0.25) is 0 Å². The number of benzene rings is 1. The van der Waals surface area contributed by atoms with Crippen LogP contribution in [-0.2, 0) is 28.2 Å². The van der Waals surface area contributed by atoms with Crippen molar-refractivity contribution in [3.05, 3.63) is 52.6 Å². The smallest absolute Gasteiger partial charge is 0.380 e. The molecule has 13 nitrogen and oxygen atoms in total. The van der Waals surface area contributed by atoms with Crippen LogP contribution in [0.3, 0.4) is 0 Å². The van der Waals surface area contributed by atoms with Crippen molar-refractivity contribution in [2.45, 2.75) is 60.0 Å². The summed E-state index contributed by atoms with van der Waals surface area (Å²) in [5.74, 6) is -1.76. The predicted molar refractivity (Wildman–Crippen MR) is 165 cm³/mol. The second-order valence-electron chi connectivity index (χ2n) is 11.6. The van der Waals surface area contributed by atoms with Gasteiger partial charge in [0.2, 0.25) is 5.95 Å². The number of ether oxygens (including phenoxy) is 2. The lowest BCUT2D eigenvalue weighted by Crippen LogP contribution is -2.26. The Morgan fingerprint density at radius 2 is 1.89 bits per heavy atom. The molecule has 1 fully saturated rings. The molecule has 14 heteroatoms. The number of rotatable bonds is 15. The molecule has 3 N–H and O–H groups in total. The molecule has 4 atom stereocenters. The van der Waals surface area contributed by atoms with Crippen LogP contribution in [0.4, 0.5) is 5.95 Å². The first-order chi connectivity index (χ1) is 20.8. The molecule has 0 spiro atoms. The van der Waals surface area contributed by atoms with Crippen LogP contribution in [0.5, 0.6) is 5.75 Å². The summed E-state index contributed by atoms with van der Waals surface area (Å²) in [7, 11) is -3.94. The van der Waals surface area contributed by atoms with Crippen LogP contribution in [0.1, 0.15) is 53.9 Å². The van der Waals surface area contributed by atoms with Gasteiger partial charge in [-0.1, -0.05) is 52.3 Å². The van der Waals surface area contributed by atoms with Gasteiger partial charge in [0.1, 0.15) is 18.7 Å². The number of anilines is 1. The van der Waals surface area contributed by atoms with Crippen LogP contribution in [0.15, 0.2) is 47.0 Å². The van der Waals surface area contributed by atoms with E-state index in [4.69, 9.17) is 24.3 Å². The zero-order valence-corrected chi connectivity index (χ0v) is 26.5. The third-order valence-electron chi connectivity index (χ3n) is 7.23. The van der Waals surface area contributed by atoms with E-state index in [9.17, 15) is 18.9 Å². The SMILES string of the molecule is CCC[C@H](C)OC(=O)[C@H](C)C[P@](=O)(OC[C@@]1(COC(=O)C(C)C)C/C1=C/n1cnc2c(=O)[nH]c(N)nc21)Oc1ccccc1. The minimum atomic E-state index is -3.94. The first-order valence-electron chi connectivity index (χ1n) is 14.6. The first-order valence-corrected chi connectivity index (χ1v) is 16.4. The topological polar surface area (TPSA) is 178 Å². The lowest BCUT2D eigenvalue weighted by Gasteiger charge is -2.25. The second kappa shape index (κ2) is 13.8. The molecule has 44 heavy (non-hydrogen) atoms. The van der Waals surface area contributed by atoms with Crippen molar-refractivity contribution in [3.8, 4) is 5.75 Å². The van der Waals surface area contributed by atoms with Gasteiger partial charge >= 0.3 is 19.5 Å². The number of imidazole rings is 1. The van der Waals surface area contributed by atoms with Crippen LogP contribution in [-0.4, -0.2) is 56.9 Å². The normalized spacial score (nSPS) is 19.8. The van der Waals surface area contributed by atoms with Crippen molar-refractivity contribution >= 4 is 42.8 Å². The number of aromatic nitrogens is 4. The highest BCUT2D eigenvalue weighted by Crippen LogP contribution is 2.58. The maximum Gasteiger partial charge on any atom is 0.380 e. The Labute approximate surface area is 255 Å². The average Bonchev–Trinajstić information content (AvgIpc) is 3.50. The van der Waals surface area contributed by atoms with E-state index in [1.54, 1.807) is 61.9 Å². The molecule has 0 radical (unpaired) electrons. The number of nitrogen functional groups attached to an aromatic ring is 1. The fourth-order valence-corrected chi connectivity index (χ4v) is 6.52. The van der Waals surface area contributed by atoms with E-state index in [-0.39, 0.29) is 48.5 Å². The standard InChI is InChI=1S/C30H40N5O8P/c1-6-10-21(5)42-28(38)20(4)15-44(39,43-23-11-8-7-9-12-23)41-17-30(16-40-27(37)19(2)3)13-22(30)14-35-18-32-24-25(35)33-29(31)34-26(24)36/h7-9,11-12,14,18-21H,6,10,13,15-17H2,1-5H3,(H3,31,33,34,36)/b22-14-/t20-,21+,30+,44+/m1/s1. The highest BCUT2D eigenvalue weighted by atomic mass is 31.2. The Kier molecular flexibility index (Phi) is 10.3. The number of carbonyl (C=O) groups is 2. The van der Waals surface area contributed by atoms with Gasteiger partial charge in [-0.2, -0.15) is 4.98 Å². The van der Waals surface area contributed by atoms with E-state index in [1.807, 2.05) is 13.8 Å². The summed E-state index contributed by atoms with van der Waals surface area (Å²) in [5.41, 5.74) is 5.56. The van der Waals surface area contributed by atoms with Gasteiger partial charge in [0.05, 0.1) is 36.1 Å². The van der Waals surface area contributed by atoms with Gasteiger partial charge in [-0.05, 0) is 37.5 Å². The molecule has 3 aromatic rings. The molecular weight excluding hydrogens is 589 g/mol. The van der Waals surface area contributed by atoms with Crippen LogP contribution >= 0.6 is 7.60 Å². The molecule has 0 bridgehead atoms. The van der Waals surface area contributed by atoms with E-state index < -0.39 is 36.4 Å². The molecule has 238 valence electrons. The predicted octanol–water partition coefficient (Wildman–Crippen LogP) is 4.79. The van der Waals surface area contributed by atoms with E-state index in [2.05, 4.69) is 15.0 Å². The van der Waals surface area contributed by atoms with Gasteiger partial charge in [0.25, 0.3) is 5.56 Å². The third kappa shape index (κ3) is 8.15. The van der Waals surface area contributed by atoms with Crippen LogP contribution in [0.25, 0.3) is 17.4 Å². The average molecular weight is 630 g/mol. The Balaban J connectivity index is 1.60. The number of carbonyl (C=O) groups excluding carboxylic acids is 2. The van der Waals surface area contributed by atoms with Crippen molar-refractivity contribution in [3.63, 3.8) is 0 Å². The summed E-state index contributed by atoms with van der Waals surface area (Å²) >= 11 is 0. The monoisotopic (exact) mass is 629 g/mol. The molecule has 0 unspecified atom stereocenters. The fraction of sp³-hybridized carbons (Fsp3) is 0.500. The largest absolute Gasteiger partial charge is 0.464 e. The number of aromatic amines is 1. The Morgan fingerprint density at radius 1 is 1.16 bits per heavy atom. The second-order valence-corrected chi connectivity index (χ2v) is 13.6. The van der Waals surface area contributed by atoms with Crippen LogP contribution in [0, 0.1) is 17.3 Å².